The minimum Gasteiger partial charge on any atom is -0.383 e. The van der Waals surface area contributed by atoms with Crippen LogP contribution in [0.4, 0.5) is 4.39 Å². The molecule has 0 bridgehead atoms. The van der Waals surface area contributed by atoms with Gasteiger partial charge in [0.25, 0.3) is 0 Å². The van der Waals surface area contributed by atoms with Gasteiger partial charge in [0, 0.05) is 32.3 Å². The third-order valence-corrected chi connectivity index (χ3v) is 3.04. The van der Waals surface area contributed by atoms with Crippen molar-refractivity contribution in [2.24, 2.45) is 0 Å². The molecule has 0 fully saturated rings. The summed E-state index contributed by atoms with van der Waals surface area (Å²) in [5.74, 6) is -0.565. The second-order valence-electron chi connectivity index (χ2n) is 4.50. The van der Waals surface area contributed by atoms with Gasteiger partial charge in [-0.25, -0.2) is 4.39 Å². The molecule has 6 heteroatoms. The van der Waals surface area contributed by atoms with Crippen molar-refractivity contribution in [3.05, 3.63) is 35.1 Å². The van der Waals surface area contributed by atoms with E-state index in [2.05, 4.69) is 5.32 Å². The van der Waals surface area contributed by atoms with Gasteiger partial charge >= 0.3 is 0 Å². The summed E-state index contributed by atoms with van der Waals surface area (Å²) in [6, 6.07) is 6.16. The largest absolute Gasteiger partial charge is 0.383 e. The van der Waals surface area contributed by atoms with Crippen LogP contribution in [0.15, 0.2) is 18.2 Å². The molecular weight excluding hydrogens is 273 g/mol. The number of amides is 1. The van der Waals surface area contributed by atoms with E-state index in [1.54, 1.807) is 24.1 Å². The summed E-state index contributed by atoms with van der Waals surface area (Å²) in [4.78, 5) is 13.6. The van der Waals surface area contributed by atoms with Gasteiger partial charge in [0.1, 0.15) is 5.82 Å². The summed E-state index contributed by atoms with van der Waals surface area (Å²) in [6.07, 6.45) is 0. The second-order valence-corrected chi connectivity index (χ2v) is 4.50. The number of hydrogen-bond donors (Lipinski definition) is 1. The number of rotatable bonds is 8. The molecule has 0 spiro atoms. The Bertz CT molecular complexity index is 514. The SMILES string of the molecule is CCN(Cc1ccc(C#N)cc1F)C(=O)CNCCOC. The molecule has 0 aliphatic heterocycles. The molecule has 0 saturated carbocycles. The molecule has 5 nitrogen and oxygen atoms in total. The number of halogens is 1. The van der Waals surface area contributed by atoms with Gasteiger partial charge in [0.15, 0.2) is 0 Å². The summed E-state index contributed by atoms with van der Waals surface area (Å²) < 4.78 is 18.7. The maximum Gasteiger partial charge on any atom is 0.236 e. The van der Waals surface area contributed by atoms with E-state index < -0.39 is 5.82 Å². The molecule has 1 aromatic rings. The molecule has 0 radical (unpaired) electrons. The molecule has 0 atom stereocenters. The quantitative estimate of drug-likeness (QED) is 0.733. The van der Waals surface area contributed by atoms with Crippen molar-refractivity contribution >= 4 is 5.91 Å². The van der Waals surface area contributed by atoms with Crippen LogP contribution in [0.25, 0.3) is 0 Å². The number of methoxy groups -OCH3 is 1. The van der Waals surface area contributed by atoms with Gasteiger partial charge < -0.3 is 15.0 Å². The van der Waals surface area contributed by atoms with Crippen molar-refractivity contribution in [1.29, 1.82) is 5.26 Å². The maximum atomic E-state index is 13.8. The molecule has 114 valence electrons. The van der Waals surface area contributed by atoms with E-state index in [-0.39, 0.29) is 24.6 Å². The Kier molecular flexibility index (Phi) is 7.37. The van der Waals surface area contributed by atoms with E-state index in [9.17, 15) is 9.18 Å². The van der Waals surface area contributed by atoms with Crippen LogP contribution < -0.4 is 5.32 Å². The number of carbonyl (C=O) groups excluding carboxylic acids is 1. The normalized spacial score (nSPS) is 10.2. The summed E-state index contributed by atoms with van der Waals surface area (Å²) in [5.41, 5.74) is 0.674. The average molecular weight is 293 g/mol. The summed E-state index contributed by atoms with van der Waals surface area (Å²) in [5, 5.41) is 11.7. The Morgan fingerprint density at radius 3 is 2.86 bits per heavy atom. The lowest BCUT2D eigenvalue weighted by Crippen LogP contribution is -2.38. The zero-order chi connectivity index (χ0) is 15.7. The van der Waals surface area contributed by atoms with E-state index in [1.165, 1.54) is 6.07 Å². The number of nitrogens with zero attached hydrogens (tertiary/aromatic N) is 2. The molecule has 1 N–H and O–H groups in total. The van der Waals surface area contributed by atoms with E-state index in [0.29, 0.717) is 25.3 Å². The second kappa shape index (κ2) is 9.06. The summed E-state index contributed by atoms with van der Waals surface area (Å²) in [6.45, 7) is 3.83. The van der Waals surface area contributed by atoms with Crippen LogP contribution >= 0.6 is 0 Å². The zero-order valence-corrected chi connectivity index (χ0v) is 12.4. The smallest absolute Gasteiger partial charge is 0.236 e. The monoisotopic (exact) mass is 293 g/mol. The first kappa shape index (κ1) is 17.1. The highest BCUT2D eigenvalue weighted by molar-refractivity contribution is 5.78. The molecule has 0 heterocycles. The van der Waals surface area contributed by atoms with Crippen LogP contribution in [0, 0.1) is 17.1 Å². The Morgan fingerprint density at radius 1 is 1.52 bits per heavy atom. The lowest BCUT2D eigenvalue weighted by Gasteiger charge is -2.21. The Morgan fingerprint density at radius 2 is 2.29 bits per heavy atom. The zero-order valence-electron chi connectivity index (χ0n) is 12.4. The fourth-order valence-electron chi connectivity index (χ4n) is 1.81. The maximum absolute atomic E-state index is 13.8. The Hall–Kier alpha value is -1.97. The predicted octanol–water partition coefficient (Wildman–Crippen LogP) is 1.28. The van der Waals surface area contributed by atoms with E-state index in [4.69, 9.17) is 10.00 Å². The molecule has 0 aromatic heterocycles. The van der Waals surface area contributed by atoms with Crippen molar-refractivity contribution in [2.45, 2.75) is 13.5 Å². The Balaban J connectivity index is 2.61. The van der Waals surface area contributed by atoms with Crippen LogP contribution in [0.2, 0.25) is 0 Å². The van der Waals surface area contributed by atoms with Crippen LogP contribution in [-0.4, -0.2) is 44.2 Å². The van der Waals surface area contributed by atoms with Crippen molar-refractivity contribution in [3.63, 3.8) is 0 Å². The fourth-order valence-corrected chi connectivity index (χ4v) is 1.81. The number of hydrogen-bond acceptors (Lipinski definition) is 4. The van der Waals surface area contributed by atoms with E-state index in [1.807, 2.05) is 13.0 Å². The first-order chi connectivity index (χ1) is 10.1. The number of carbonyl (C=O) groups is 1. The number of likely N-dealkylation sites (N-methyl/N-ethyl adjacent to an activating group) is 1. The molecule has 1 amide bonds. The first-order valence-corrected chi connectivity index (χ1v) is 6.78. The topological polar surface area (TPSA) is 65.4 Å². The minimum atomic E-state index is -0.465. The summed E-state index contributed by atoms with van der Waals surface area (Å²) >= 11 is 0. The summed E-state index contributed by atoms with van der Waals surface area (Å²) in [7, 11) is 1.59. The van der Waals surface area contributed by atoms with Crippen molar-refractivity contribution in [1.82, 2.24) is 10.2 Å². The van der Waals surface area contributed by atoms with Gasteiger partial charge in [0.2, 0.25) is 5.91 Å². The van der Waals surface area contributed by atoms with Crippen LogP contribution in [0.5, 0.6) is 0 Å². The highest BCUT2D eigenvalue weighted by Crippen LogP contribution is 2.12. The molecule has 0 saturated heterocycles. The first-order valence-electron chi connectivity index (χ1n) is 6.78. The number of ether oxygens (including phenoxy) is 1. The molecule has 1 rings (SSSR count). The van der Waals surface area contributed by atoms with Crippen molar-refractivity contribution in [3.8, 4) is 6.07 Å². The Labute approximate surface area is 124 Å². The molecule has 0 aliphatic carbocycles. The van der Waals surface area contributed by atoms with Gasteiger partial charge in [-0.3, -0.25) is 4.79 Å². The lowest BCUT2D eigenvalue weighted by atomic mass is 10.1. The van der Waals surface area contributed by atoms with Gasteiger partial charge in [-0.1, -0.05) is 6.07 Å². The number of nitrogens with one attached hydrogen (secondary N) is 1. The van der Waals surface area contributed by atoms with Crippen LogP contribution in [0.1, 0.15) is 18.1 Å². The average Bonchev–Trinajstić information content (AvgIpc) is 2.50. The predicted molar refractivity (Wildman–Crippen MR) is 77.0 cm³/mol. The molecule has 21 heavy (non-hydrogen) atoms. The van der Waals surface area contributed by atoms with Gasteiger partial charge in [0.05, 0.1) is 24.8 Å². The molecule has 1 aromatic carbocycles. The standard InChI is InChI=1S/C15H20FN3O2/c1-3-19(15(20)10-18-6-7-21-2)11-13-5-4-12(9-17)8-14(13)16/h4-5,8,18H,3,6-7,10-11H2,1-2H3. The highest BCUT2D eigenvalue weighted by Gasteiger charge is 2.14. The molecule has 0 unspecified atom stereocenters. The fraction of sp³-hybridized carbons (Fsp3) is 0.467. The van der Waals surface area contributed by atoms with E-state index in [0.717, 1.165) is 0 Å². The molecular formula is C15H20FN3O2. The third kappa shape index (κ3) is 5.50. The van der Waals surface area contributed by atoms with Gasteiger partial charge in [-0.2, -0.15) is 5.26 Å². The van der Waals surface area contributed by atoms with Crippen LogP contribution in [0.3, 0.4) is 0 Å². The molecule has 0 aliphatic rings. The number of benzene rings is 1. The van der Waals surface area contributed by atoms with Crippen LogP contribution in [-0.2, 0) is 16.1 Å². The number of nitriles is 1. The lowest BCUT2D eigenvalue weighted by molar-refractivity contribution is -0.130. The van der Waals surface area contributed by atoms with Crippen molar-refractivity contribution < 1.29 is 13.9 Å². The highest BCUT2D eigenvalue weighted by atomic mass is 19.1. The van der Waals surface area contributed by atoms with Crippen molar-refractivity contribution in [2.75, 3.05) is 33.4 Å². The minimum absolute atomic E-state index is 0.0997. The van der Waals surface area contributed by atoms with E-state index >= 15 is 0 Å². The van der Waals surface area contributed by atoms with Gasteiger partial charge in [-0.05, 0) is 19.1 Å². The third-order valence-electron chi connectivity index (χ3n) is 3.04. The van der Waals surface area contributed by atoms with Gasteiger partial charge in [-0.15, -0.1) is 0 Å².